The Morgan fingerprint density at radius 3 is 2.81 bits per heavy atom. The molecule has 0 atom stereocenters. The Kier molecular flexibility index (Phi) is 1.95. The van der Waals surface area contributed by atoms with E-state index >= 15 is 0 Å². The fourth-order valence-electron chi connectivity index (χ4n) is 3.07. The summed E-state index contributed by atoms with van der Waals surface area (Å²) in [6.07, 6.45) is 3.88. The lowest BCUT2D eigenvalue weighted by atomic mass is 10.1. The summed E-state index contributed by atoms with van der Waals surface area (Å²) in [7, 11) is 0. The summed E-state index contributed by atoms with van der Waals surface area (Å²) in [6, 6.07) is 18.7. The van der Waals surface area contributed by atoms with Crippen LogP contribution in [-0.4, -0.2) is 14.4 Å². The molecule has 0 saturated heterocycles. The van der Waals surface area contributed by atoms with Gasteiger partial charge in [0.25, 0.3) is 0 Å². The van der Waals surface area contributed by atoms with Crippen molar-refractivity contribution in [2.75, 3.05) is 0 Å². The van der Waals surface area contributed by atoms with Crippen molar-refractivity contribution in [2.45, 2.75) is 0 Å². The molecule has 0 fully saturated rings. The lowest BCUT2D eigenvalue weighted by Crippen LogP contribution is -1.93. The summed E-state index contributed by atoms with van der Waals surface area (Å²) >= 11 is 0. The summed E-state index contributed by atoms with van der Waals surface area (Å²) in [6.45, 7) is 0. The van der Waals surface area contributed by atoms with Gasteiger partial charge in [-0.1, -0.05) is 18.2 Å². The monoisotopic (exact) mass is 269 g/mol. The van der Waals surface area contributed by atoms with Crippen molar-refractivity contribution in [3.05, 3.63) is 67.0 Å². The summed E-state index contributed by atoms with van der Waals surface area (Å²) < 4.78 is 2.11. The van der Waals surface area contributed by atoms with Gasteiger partial charge in [0.1, 0.15) is 5.65 Å². The SMILES string of the molecule is c1ccc2nc3c(cc2c1)c1cccnc1n1cccc31. The number of rotatable bonds is 0. The van der Waals surface area contributed by atoms with Crippen molar-refractivity contribution in [1.29, 1.82) is 0 Å². The highest BCUT2D eigenvalue weighted by Gasteiger charge is 2.10. The van der Waals surface area contributed by atoms with Crippen LogP contribution in [0, 0.1) is 0 Å². The van der Waals surface area contributed by atoms with Crippen LogP contribution in [0.1, 0.15) is 0 Å². The van der Waals surface area contributed by atoms with Crippen LogP contribution in [0.2, 0.25) is 0 Å². The van der Waals surface area contributed by atoms with Crippen molar-refractivity contribution < 1.29 is 0 Å². The van der Waals surface area contributed by atoms with E-state index in [1.54, 1.807) is 0 Å². The zero-order valence-corrected chi connectivity index (χ0v) is 11.2. The first kappa shape index (κ1) is 10.8. The molecule has 98 valence electrons. The molecule has 4 heterocycles. The van der Waals surface area contributed by atoms with Crippen LogP contribution in [0.15, 0.2) is 67.0 Å². The highest BCUT2D eigenvalue weighted by molar-refractivity contribution is 6.12. The van der Waals surface area contributed by atoms with E-state index < -0.39 is 0 Å². The molecule has 4 aromatic heterocycles. The van der Waals surface area contributed by atoms with Gasteiger partial charge in [-0.25, -0.2) is 9.97 Å². The Morgan fingerprint density at radius 1 is 0.857 bits per heavy atom. The predicted molar refractivity (Wildman–Crippen MR) is 85.5 cm³/mol. The number of hydrogen-bond acceptors (Lipinski definition) is 2. The van der Waals surface area contributed by atoms with Crippen molar-refractivity contribution >= 4 is 38.4 Å². The summed E-state index contributed by atoms with van der Waals surface area (Å²) in [4.78, 5) is 9.43. The third kappa shape index (κ3) is 1.37. The fourth-order valence-corrected chi connectivity index (χ4v) is 3.07. The molecule has 0 saturated carbocycles. The molecule has 0 radical (unpaired) electrons. The van der Waals surface area contributed by atoms with Crippen LogP contribution < -0.4 is 0 Å². The number of hydrogen-bond donors (Lipinski definition) is 0. The Hall–Kier alpha value is -2.94. The summed E-state index contributed by atoms with van der Waals surface area (Å²) in [5, 5.41) is 3.45. The molecule has 0 amide bonds. The van der Waals surface area contributed by atoms with Gasteiger partial charge in [0, 0.05) is 28.6 Å². The standard InChI is InChI=1S/C18H11N3/c1-2-7-15-12(5-1)11-14-13-6-3-9-19-18(13)21-10-4-8-16(21)17(14)20-15/h1-11H. The molecule has 5 rings (SSSR count). The molecular formula is C18H11N3. The zero-order valence-electron chi connectivity index (χ0n) is 11.2. The average Bonchev–Trinajstić information content (AvgIpc) is 3.03. The van der Waals surface area contributed by atoms with Gasteiger partial charge >= 0.3 is 0 Å². The lowest BCUT2D eigenvalue weighted by Gasteiger charge is -2.08. The number of benzene rings is 1. The maximum atomic E-state index is 4.88. The number of fused-ring (bicyclic) bond motifs is 7. The average molecular weight is 269 g/mol. The maximum Gasteiger partial charge on any atom is 0.145 e. The first-order valence-electron chi connectivity index (χ1n) is 6.95. The van der Waals surface area contributed by atoms with Gasteiger partial charge in [-0.3, -0.25) is 4.40 Å². The molecule has 0 unspecified atom stereocenters. The molecule has 21 heavy (non-hydrogen) atoms. The molecule has 5 aromatic rings. The van der Waals surface area contributed by atoms with E-state index in [-0.39, 0.29) is 0 Å². The fraction of sp³-hybridized carbons (Fsp3) is 0. The molecular weight excluding hydrogens is 258 g/mol. The normalized spacial score (nSPS) is 11.8. The second-order valence-electron chi connectivity index (χ2n) is 5.22. The van der Waals surface area contributed by atoms with E-state index in [0.29, 0.717) is 0 Å². The molecule has 0 aliphatic rings. The van der Waals surface area contributed by atoms with Crippen molar-refractivity contribution in [2.24, 2.45) is 0 Å². The highest BCUT2D eigenvalue weighted by Crippen LogP contribution is 2.29. The van der Waals surface area contributed by atoms with Crippen LogP contribution in [-0.2, 0) is 0 Å². The Morgan fingerprint density at radius 2 is 1.81 bits per heavy atom. The van der Waals surface area contributed by atoms with Gasteiger partial charge in [0.05, 0.1) is 16.6 Å². The maximum absolute atomic E-state index is 4.88. The minimum absolute atomic E-state index is 0.974. The van der Waals surface area contributed by atoms with Crippen molar-refractivity contribution in [1.82, 2.24) is 14.4 Å². The van der Waals surface area contributed by atoms with E-state index in [9.17, 15) is 0 Å². The largest absolute Gasteiger partial charge is 0.299 e. The van der Waals surface area contributed by atoms with Crippen LogP contribution in [0.3, 0.4) is 0 Å². The zero-order chi connectivity index (χ0) is 13.8. The lowest BCUT2D eigenvalue weighted by molar-refractivity contribution is 1.20. The number of pyridine rings is 3. The first-order valence-corrected chi connectivity index (χ1v) is 6.95. The van der Waals surface area contributed by atoms with E-state index in [0.717, 1.165) is 38.4 Å². The van der Waals surface area contributed by atoms with Crippen molar-refractivity contribution in [3.63, 3.8) is 0 Å². The minimum atomic E-state index is 0.974. The van der Waals surface area contributed by atoms with E-state index in [4.69, 9.17) is 4.98 Å². The second-order valence-corrected chi connectivity index (χ2v) is 5.22. The molecule has 3 nitrogen and oxygen atoms in total. The van der Waals surface area contributed by atoms with Gasteiger partial charge < -0.3 is 0 Å². The molecule has 3 heteroatoms. The minimum Gasteiger partial charge on any atom is -0.299 e. The van der Waals surface area contributed by atoms with Crippen LogP contribution >= 0.6 is 0 Å². The molecule has 0 N–H and O–H groups in total. The first-order chi connectivity index (χ1) is 10.4. The smallest absolute Gasteiger partial charge is 0.145 e. The van der Waals surface area contributed by atoms with E-state index in [1.807, 2.05) is 36.7 Å². The summed E-state index contributed by atoms with van der Waals surface area (Å²) in [5.74, 6) is 0. The van der Waals surface area contributed by atoms with Gasteiger partial charge in [-0.15, -0.1) is 0 Å². The second kappa shape index (κ2) is 3.79. The Bertz CT molecular complexity index is 1140. The van der Waals surface area contributed by atoms with Crippen molar-refractivity contribution in [3.8, 4) is 0 Å². The molecule has 0 spiro atoms. The molecule has 1 aromatic carbocycles. The number of nitrogens with zero attached hydrogens (tertiary/aromatic N) is 3. The Balaban J connectivity index is 2.18. The third-order valence-electron chi connectivity index (χ3n) is 4.02. The molecule has 0 bridgehead atoms. The number of para-hydroxylation sites is 1. The Labute approximate surface area is 120 Å². The third-order valence-corrected chi connectivity index (χ3v) is 4.02. The molecule has 0 aliphatic heterocycles. The van der Waals surface area contributed by atoms with Crippen LogP contribution in [0.25, 0.3) is 38.4 Å². The van der Waals surface area contributed by atoms with Crippen LogP contribution in [0.5, 0.6) is 0 Å². The van der Waals surface area contributed by atoms with E-state index in [2.05, 4.69) is 39.7 Å². The van der Waals surface area contributed by atoms with Crippen LogP contribution in [0.4, 0.5) is 0 Å². The van der Waals surface area contributed by atoms with Gasteiger partial charge in [0.15, 0.2) is 0 Å². The number of aromatic nitrogens is 3. The topological polar surface area (TPSA) is 30.2 Å². The predicted octanol–water partition coefficient (Wildman–Crippen LogP) is 4.19. The quantitative estimate of drug-likeness (QED) is 0.312. The summed E-state index contributed by atoms with van der Waals surface area (Å²) in [5.41, 5.74) is 4.12. The van der Waals surface area contributed by atoms with E-state index in [1.165, 1.54) is 0 Å². The van der Waals surface area contributed by atoms with Gasteiger partial charge in [0.2, 0.25) is 0 Å². The highest BCUT2D eigenvalue weighted by atomic mass is 15.0. The molecule has 0 aliphatic carbocycles. The van der Waals surface area contributed by atoms with Gasteiger partial charge in [-0.05, 0) is 36.4 Å². The van der Waals surface area contributed by atoms with Gasteiger partial charge in [-0.2, -0.15) is 0 Å².